The third kappa shape index (κ3) is 4.85. The molecule has 1 aromatic rings. The standard InChI is InChI=1S/C16H23N3O4/c1-3-19(4-2)8-7-17-15(20)16(21)18-10-12-5-6-13-14(9-12)23-11-22-13/h5-6,9H,3-4,7-8,10-11H2,1-2H3,(H,17,20)(H,18,21). The van der Waals surface area contributed by atoms with Gasteiger partial charge in [-0.25, -0.2) is 0 Å². The van der Waals surface area contributed by atoms with Crippen LogP contribution in [0, 0.1) is 0 Å². The molecule has 0 unspecified atom stereocenters. The van der Waals surface area contributed by atoms with Crippen LogP contribution in [0.3, 0.4) is 0 Å². The minimum atomic E-state index is -0.637. The Kier molecular flexibility index (Phi) is 6.22. The normalized spacial score (nSPS) is 12.3. The lowest BCUT2D eigenvalue weighted by atomic mass is 10.2. The first kappa shape index (κ1) is 17.1. The maximum absolute atomic E-state index is 11.8. The number of nitrogens with one attached hydrogen (secondary N) is 2. The molecule has 2 rings (SSSR count). The zero-order valence-corrected chi connectivity index (χ0v) is 13.6. The van der Waals surface area contributed by atoms with E-state index >= 15 is 0 Å². The number of carbonyl (C=O) groups is 2. The van der Waals surface area contributed by atoms with Gasteiger partial charge in [0.1, 0.15) is 0 Å². The van der Waals surface area contributed by atoms with Gasteiger partial charge in [0.25, 0.3) is 0 Å². The molecule has 0 atom stereocenters. The number of ether oxygens (including phenoxy) is 2. The number of rotatable bonds is 7. The molecule has 0 radical (unpaired) electrons. The molecule has 23 heavy (non-hydrogen) atoms. The molecule has 1 heterocycles. The highest BCUT2D eigenvalue weighted by atomic mass is 16.7. The monoisotopic (exact) mass is 321 g/mol. The van der Waals surface area contributed by atoms with E-state index < -0.39 is 11.8 Å². The average molecular weight is 321 g/mol. The molecule has 0 aromatic heterocycles. The van der Waals surface area contributed by atoms with Crippen LogP contribution in [0.15, 0.2) is 18.2 Å². The zero-order chi connectivity index (χ0) is 16.7. The third-order valence-electron chi connectivity index (χ3n) is 3.70. The lowest BCUT2D eigenvalue weighted by molar-refractivity contribution is -0.139. The Morgan fingerprint density at radius 2 is 1.78 bits per heavy atom. The molecule has 7 nitrogen and oxygen atoms in total. The van der Waals surface area contributed by atoms with E-state index in [2.05, 4.69) is 29.4 Å². The van der Waals surface area contributed by atoms with Crippen molar-refractivity contribution in [3.63, 3.8) is 0 Å². The zero-order valence-electron chi connectivity index (χ0n) is 13.6. The maximum atomic E-state index is 11.8. The second-order valence-corrected chi connectivity index (χ2v) is 5.15. The lowest BCUT2D eigenvalue weighted by Crippen LogP contribution is -2.42. The van der Waals surface area contributed by atoms with Gasteiger partial charge in [-0.3, -0.25) is 9.59 Å². The number of hydrogen-bond donors (Lipinski definition) is 2. The molecule has 7 heteroatoms. The quantitative estimate of drug-likeness (QED) is 0.715. The SMILES string of the molecule is CCN(CC)CCNC(=O)C(=O)NCc1ccc2c(c1)OCO2. The van der Waals surface area contributed by atoms with Crippen LogP contribution in [0.2, 0.25) is 0 Å². The number of carbonyl (C=O) groups excluding carboxylic acids is 2. The molecular formula is C16H23N3O4. The molecule has 0 saturated carbocycles. The van der Waals surface area contributed by atoms with Crippen molar-refractivity contribution in [3.8, 4) is 11.5 Å². The van der Waals surface area contributed by atoms with Crippen molar-refractivity contribution in [2.45, 2.75) is 20.4 Å². The highest BCUT2D eigenvalue weighted by Crippen LogP contribution is 2.32. The Bertz CT molecular complexity index is 558. The Balaban J connectivity index is 1.72. The van der Waals surface area contributed by atoms with Crippen LogP contribution in [0.25, 0.3) is 0 Å². The van der Waals surface area contributed by atoms with Gasteiger partial charge in [0.15, 0.2) is 11.5 Å². The number of benzene rings is 1. The Morgan fingerprint density at radius 3 is 2.52 bits per heavy atom. The summed E-state index contributed by atoms with van der Waals surface area (Å²) in [6.45, 7) is 7.61. The molecule has 126 valence electrons. The molecule has 2 N–H and O–H groups in total. The Hall–Kier alpha value is -2.28. The molecule has 0 saturated heterocycles. The van der Waals surface area contributed by atoms with Crippen molar-refractivity contribution in [3.05, 3.63) is 23.8 Å². The van der Waals surface area contributed by atoms with Crippen LogP contribution in [0.5, 0.6) is 11.5 Å². The van der Waals surface area contributed by atoms with Crippen LogP contribution in [0.4, 0.5) is 0 Å². The summed E-state index contributed by atoms with van der Waals surface area (Å²) in [6.07, 6.45) is 0. The number of amides is 2. The van der Waals surface area contributed by atoms with Crippen molar-refractivity contribution < 1.29 is 19.1 Å². The molecule has 1 aliphatic rings. The third-order valence-corrected chi connectivity index (χ3v) is 3.70. The summed E-state index contributed by atoms with van der Waals surface area (Å²) < 4.78 is 10.5. The van der Waals surface area contributed by atoms with Gasteiger partial charge in [-0.15, -0.1) is 0 Å². The summed E-state index contributed by atoms with van der Waals surface area (Å²) in [6, 6.07) is 5.40. The molecule has 0 fully saturated rings. The highest BCUT2D eigenvalue weighted by Gasteiger charge is 2.15. The molecule has 0 spiro atoms. The summed E-state index contributed by atoms with van der Waals surface area (Å²) in [5.74, 6) is 0.0924. The molecular weight excluding hydrogens is 298 g/mol. The molecule has 2 amide bonds. The van der Waals surface area contributed by atoms with Crippen molar-refractivity contribution in [1.82, 2.24) is 15.5 Å². The van der Waals surface area contributed by atoms with Crippen molar-refractivity contribution in [2.24, 2.45) is 0 Å². The van der Waals surface area contributed by atoms with Gasteiger partial charge < -0.3 is 25.0 Å². The first-order valence-electron chi connectivity index (χ1n) is 7.81. The topological polar surface area (TPSA) is 79.9 Å². The van der Waals surface area contributed by atoms with Gasteiger partial charge in [-0.2, -0.15) is 0 Å². The molecule has 1 aliphatic heterocycles. The largest absolute Gasteiger partial charge is 0.454 e. The molecule has 0 aliphatic carbocycles. The predicted molar refractivity (Wildman–Crippen MR) is 85.2 cm³/mol. The van der Waals surface area contributed by atoms with Crippen LogP contribution < -0.4 is 20.1 Å². The fourth-order valence-electron chi connectivity index (χ4n) is 2.26. The Labute approximate surface area is 135 Å². The van der Waals surface area contributed by atoms with Crippen LogP contribution >= 0.6 is 0 Å². The number of hydrogen-bond acceptors (Lipinski definition) is 5. The van der Waals surface area contributed by atoms with Gasteiger partial charge in [0.05, 0.1) is 0 Å². The summed E-state index contributed by atoms with van der Waals surface area (Å²) >= 11 is 0. The summed E-state index contributed by atoms with van der Waals surface area (Å²) in [5, 5.41) is 5.22. The van der Waals surface area contributed by atoms with Gasteiger partial charge >= 0.3 is 11.8 Å². The van der Waals surface area contributed by atoms with Crippen LogP contribution in [-0.4, -0.2) is 49.7 Å². The van der Waals surface area contributed by atoms with E-state index in [0.29, 0.717) is 18.0 Å². The van der Waals surface area contributed by atoms with Crippen molar-refractivity contribution in [2.75, 3.05) is 33.0 Å². The molecule has 1 aromatic carbocycles. The number of nitrogens with zero attached hydrogens (tertiary/aromatic N) is 1. The number of likely N-dealkylation sites (N-methyl/N-ethyl adjacent to an activating group) is 1. The van der Waals surface area contributed by atoms with Gasteiger partial charge in [0, 0.05) is 19.6 Å². The fraction of sp³-hybridized carbons (Fsp3) is 0.500. The predicted octanol–water partition coefficient (Wildman–Crippen LogP) is 0.490. The van der Waals surface area contributed by atoms with E-state index in [0.717, 1.165) is 25.2 Å². The number of fused-ring (bicyclic) bond motifs is 1. The summed E-state index contributed by atoms with van der Waals surface area (Å²) in [4.78, 5) is 25.7. The minimum absolute atomic E-state index is 0.208. The lowest BCUT2D eigenvalue weighted by Gasteiger charge is -2.17. The average Bonchev–Trinajstić information content (AvgIpc) is 3.04. The highest BCUT2D eigenvalue weighted by molar-refractivity contribution is 6.35. The second kappa shape index (κ2) is 8.38. The van der Waals surface area contributed by atoms with Crippen LogP contribution in [-0.2, 0) is 16.1 Å². The van der Waals surface area contributed by atoms with E-state index in [1.54, 1.807) is 12.1 Å². The van der Waals surface area contributed by atoms with Crippen LogP contribution in [0.1, 0.15) is 19.4 Å². The second-order valence-electron chi connectivity index (χ2n) is 5.15. The maximum Gasteiger partial charge on any atom is 0.309 e. The van der Waals surface area contributed by atoms with E-state index in [4.69, 9.17) is 9.47 Å². The van der Waals surface area contributed by atoms with E-state index in [9.17, 15) is 9.59 Å². The molecule has 0 bridgehead atoms. The van der Waals surface area contributed by atoms with Gasteiger partial charge in [-0.05, 0) is 30.8 Å². The summed E-state index contributed by atoms with van der Waals surface area (Å²) in [5.41, 5.74) is 0.846. The first-order valence-corrected chi connectivity index (χ1v) is 7.81. The van der Waals surface area contributed by atoms with E-state index in [1.165, 1.54) is 0 Å². The smallest absolute Gasteiger partial charge is 0.309 e. The van der Waals surface area contributed by atoms with Gasteiger partial charge in [-0.1, -0.05) is 19.9 Å². The van der Waals surface area contributed by atoms with Crippen molar-refractivity contribution in [1.29, 1.82) is 0 Å². The first-order chi connectivity index (χ1) is 11.1. The van der Waals surface area contributed by atoms with Crippen molar-refractivity contribution >= 4 is 11.8 Å². The minimum Gasteiger partial charge on any atom is -0.454 e. The summed E-state index contributed by atoms with van der Waals surface area (Å²) in [7, 11) is 0. The fourth-order valence-corrected chi connectivity index (χ4v) is 2.26. The van der Waals surface area contributed by atoms with E-state index in [1.807, 2.05) is 6.07 Å². The van der Waals surface area contributed by atoms with E-state index in [-0.39, 0.29) is 13.3 Å². The van der Waals surface area contributed by atoms with Gasteiger partial charge in [0.2, 0.25) is 6.79 Å². The Morgan fingerprint density at radius 1 is 1.09 bits per heavy atom.